The zero-order valence-corrected chi connectivity index (χ0v) is 15.3. The third-order valence-corrected chi connectivity index (χ3v) is 4.42. The first kappa shape index (κ1) is 19.0. The number of rotatable bonds is 3. The van der Waals surface area contributed by atoms with Gasteiger partial charge in [0.05, 0.1) is 16.8 Å². The highest BCUT2D eigenvalue weighted by atomic mass is 19.1. The number of hydrogen-bond donors (Lipinski definition) is 1. The molecule has 7 nitrogen and oxygen atoms in total. The molecular weight excluding hydrogens is 391 g/mol. The normalized spacial score (nSPS) is 10.7. The second-order valence-electron chi connectivity index (χ2n) is 6.33. The Bertz CT molecular complexity index is 1330. The SMILES string of the molecule is O=C(Oc1ccc(-c2cc(=O)c3ccc(F)cc3n2C(=O)O)cc1)c1cccnc1. The van der Waals surface area contributed by atoms with Crippen LogP contribution in [0.4, 0.5) is 9.18 Å². The maximum absolute atomic E-state index is 13.7. The van der Waals surface area contributed by atoms with Gasteiger partial charge in [-0.1, -0.05) is 0 Å². The highest BCUT2D eigenvalue weighted by Crippen LogP contribution is 2.25. The number of halogens is 1. The lowest BCUT2D eigenvalue weighted by Gasteiger charge is -2.13. The summed E-state index contributed by atoms with van der Waals surface area (Å²) in [6.45, 7) is 0. The molecule has 0 amide bonds. The quantitative estimate of drug-likeness (QED) is 0.410. The molecule has 4 aromatic rings. The van der Waals surface area contributed by atoms with Crippen LogP contribution in [0.15, 0.2) is 77.9 Å². The van der Waals surface area contributed by atoms with E-state index >= 15 is 0 Å². The predicted octanol–water partition coefficient (Wildman–Crippen LogP) is 3.95. The molecule has 4 rings (SSSR count). The van der Waals surface area contributed by atoms with Crippen LogP contribution in [0.2, 0.25) is 0 Å². The van der Waals surface area contributed by atoms with E-state index in [0.717, 1.165) is 16.7 Å². The average molecular weight is 404 g/mol. The second kappa shape index (κ2) is 7.59. The van der Waals surface area contributed by atoms with Crippen molar-refractivity contribution in [3.05, 3.63) is 94.7 Å². The molecule has 0 unspecified atom stereocenters. The molecule has 0 atom stereocenters. The van der Waals surface area contributed by atoms with Gasteiger partial charge < -0.3 is 9.84 Å². The number of carbonyl (C=O) groups is 2. The van der Waals surface area contributed by atoms with Gasteiger partial charge in [-0.15, -0.1) is 0 Å². The topological polar surface area (TPSA) is 98.5 Å². The molecule has 148 valence electrons. The van der Waals surface area contributed by atoms with Crippen LogP contribution in [0.3, 0.4) is 0 Å². The molecule has 0 saturated heterocycles. The van der Waals surface area contributed by atoms with Crippen molar-refractivity contribution in [3.63, 3.8) is 0 Å². The van der Waals surface area contributed by atoms with Crippen LogP contribution in [-0.2, 0) is 0 Å². The Morgan fingerprint density at radius 2 is 1.80 bits per heavy atom. The number of carboxylic acid groups (broad SMARTS) is 1. The van der Waals surface area contributed by atoms with Crippen LogP contribution < -0.4 is 10.2 Å². The van der Waals surface area contributed by atoms with Crippen LogP contribution in [-0.4, -0.2) is 26.7 Å². The van der Waals surface area contributed by atoms with E-state index in [4.69, 9.17) is 4.74 Å². The summed E-state index contributed by atoms with van der Waals surface area (Å²) in [7, 11) is 0. The van der Waals surface area contributed by atoms with Gasteiger partial charge in [-0.25, -0.2) is 18.5 Å². The van der Waals surface area contributed by atoms with Gasteiger partial charge in [0.25, 0.3) is 0 Å². The molecule has 0 bridgehead atoms. The maximum atomic E-state index is 13.7. The Morgan fingerprint density at radius 3 is 2.47 bits per heavy atom. The Hall–Kier alpha value is -4.33. The van der Waals surface area contributed by atoms with Gasteiger partial charge in [-0.05, 0) is 60.2 Å². The fourth-order valence-electron chi connectivity index (χ4n) is 3.06. The Kier molecular flexibility index (Phi) is 4.81. The van der Waals surface area contributed by atoms with Crippen LogP contribution in [0.5, 0.6) is 5.75 Å². The van der Waals surface area contributed by atoms with E-state index < -0.39 is 23.3 Å². The van der Waals surface area contributed by atoms with Gasteiger partial charge in [-0.2, -0.15) is 0 Å². The van der Waals surface area contributed by atoms with E-state index in [9.17, 15) is 23.9 Å². The largest absolute Gasteiger partial charge is 0.464 e. The number of fused-ring (bicyclic) bond motifs is 1. The first-order valence-corrected chi connectivity index (χ1v) is 8.75. The number of benzene rings is 2. The summed E-state index contributed by atoms with van der Waals surface area (Å²) in [4.78, 5) is 40.3. The van der Waals surface area contributed by atoms with Crippen LogP contribution in [0, 0.1) is 5.82 Å². The summed E-state index contributed by atoms with van der Waals surface area (Å²) >= 11 is 0. The van der Waals surface area contributed by atoms with Crippen LogP contribution in [0.25, 0.3) is 22.2 Å². The van der Waals surface area contributed by atoms with Crippen molar-refractivity contribution in [1.29, 1.82) is 0 Å². The lowest BCUT2D eigenvalue weighted by atomic mass is 10.1. The first-order chi connectivity index (χ1) is 14.4. The smallest absolute Gasteiger partial charge is 0.416 e. The molecule has 2 aromatic heterocycles. The van der Waals surface area contributed by atoms with E-state index in [1.807, 2.05) is 0 Å². The molecule has 1 N–H and O–H groups in total. The summed E-state index contributed by atoms with van der Waals surface area (Å²) in [5, 5.41) is 9.76. The standard InChI is InChI=1S/C22H13FN2O5/c23-15-5-8-17-19(10-15)25(22(28)29)18(11-20(17)26)13-3-6-16(7-4-13)30-21(27)14-2-1-9-24-12-14/h1-12H,(H,28,29). The molecule has 0 aliphatic rings. The monoisotopic (exact) mass is 404 g/mol. The van der Waals surface area contributed by atoms with Crippen molar-refractivity contribution in [2.75, 3.05) is 0 Å². The summed E-state index contributed by atoms with van der Waals surface area (Å²) in [6, 6.07) is 13.6. The van der Waals surface area contributed by atoms with Crippen molar-refractivity contribution in [2.45, 2.75) is 0 Å². The summed E-state index contributed by atoms with van der Waals surface area (Å²) in [6.07, 6.45) is 1.53. The molecule has 0 aliphatic carbocycles. The number of hydrogen-bond acceptors (Lipinski definition) is 5. The lowest BCUT2D eigenvalue weighted by molar-refractivity contribution is 0.0734. The maximum Gasteiger partial charge on any atom is 0.416 e. The van der Waals surface area contributed by atoms with Gasteiger partial charge in [-0.3, -0.25) is 9.78 Å². The molecule has 2 aromatic carbocycles. The molecular formula is C22H13FN2O5. The minimum atomic E-state index is -1.37. The van der Waals surface area contributed by atoms with E-state index in [-0.39, 0.29) is 27.9 Å². The van der Waals surface area contributed by atoms with Gasteiger partial charge in [0.2, 0.25) is 0 Å². The molecule has 2 heterocycles. The highest BCUT2D eigenvalue weighted by molar-refractivity contribution is 5.92. The number of nitrogens with zero attached hydrogens (tertiary/aromatic N) is 2. The molecule has 0 radical (unpaired) electrons. The first-order valence-electron chi connectivity index (χ1n) is 8.75. The van der Waals surface area contributed by atoms with Crippen molar-refractivity contribution >= 4 is 23.0 Å². The summed E-state index contributed by atoms with van der Waals surface area (Å²) in [5.74, 6) is -1.03. The molecule has 30 heavy (non-hydrogen) atoms. The van der Waals surface area contributed by atoms with E-state index in [2.05, 4.69) is 4.98 Å². The Morgan fingerprint density at radius 1 is 1.03 bits per heavy atom. The number of aromatic nitrogens is 2. The van der Waals surface area contributed by atoms with Gasteiger partial charge in [0.1, 0.15) is 11.6 Å². The van der Waals surface area contributed by atoms with Crippen molar-refractivity contribution < 1.29 is 23.8 Å². The third kappa shape index (κ3) is 3.53. The van der Waals surface area contributed by atoms with Crippen molar-refractivity contribution in [2.24, 2.45) is 0 Å². The van der Waals surface area contributed by atoms with Gasteiger partial charge in [0.15, 0.2) is 5.43 Å². The zero-order chi connectivity index (χ0) is 21.3. The highest BCUT2D eigenvalue weighted by Gasteiger charge is 2.17. The number of esters is 1. The minimum Gasteiger partial charge on any atom is -0.464 e. The fourth-order valence-corrected chi connectivity index (χ4v) is 3.06. The van der Waals surface area contributed by atoms with Gasteiger partial charge >= 0.3 is 12.1 Å². The summed E-state index contributed by atoms with van der Waals surface area (Å²) < 4.78 is 19.8. The van der Waals surface area contributed by atoms with Crippen LogP contribution >= 0.6 is 0 Å². The van der Waals surface area contributed by atoms with E-state index in [1.165, 1.54) is 48.8 Å². The number of pyridine rings is 2. The number of carbonyl (C=O) groups excluding carboxylic acids is 1. The van der Waals surface area contributed by atoms with E-state index in [0.29, 0.717) is 5.56 Å². The predicted molar refractivity (Wildman–Crippen MR) is 106 cm³/mol. The van der Waals surface area contributed by atoms with Crippen molar-refractivity contribution in [3.8, 4) is 17.0 Å². The molecule has 8 heteroatoms. The van der Waals surface area contributed by atoms with E-state index in [1.54, 1.807) is 12.1 Å². The molecule has 0 fully saturated rings. The molecule has 0 aliphatic heterocycles. The van der Waals surface area contributed by atoms with Crippen LogP contribution in [0.1, 0.15) is 10.4 Å². The zero-order valence-electron chi connectivity index (χ0n) is 15.3. The average Bonchev–Trinajstić information content (AvgIpc) is 2.74. The second-order valence-corrected chi connectivity index (χ2v) is 6.33. The fraction of sp³-hybridized carbons (Fsp3) is 0. The molecule has 0 spiro atoms. The Balaban J connectivity index is 1.74. The van der Waals surface area contributed by atoms with Crippen molar-refractivity contribution in [1.82, 2.24) is 9.55 Å². The molecule has 0 saturated carbocycles. The third-order valence-electron chi connectivity index (χ3n) is 4.42. The number of ether oxygens (including phenoxy) is 1. The minimum absolute atomic E-state index is 0.0583. The van der Waals surface area contributed by atoms with Gasteiger partial charge in [0, 0.05) is 23.8 Å². The summed E-state index contributed by atoms with van der Waals surface area (Å²) in [5.41, 5.74) is 0.220. The lowest BCUT2D eigenvalue weighted by Crippen LogP contribution is -2.17. The Labute approximate surface area is 168 Å².